The topological polar surface area (TPSA) is 78.3 Å². The highest BCUT2D eigenvalue weighted by Gasteiger charge is 2.15. The molecule has 0 saturated carbocycles. The van der Waals surface area contributed by atoms with Gasteiger partial charge in [0, 0.05) is 17.2 Å². The molecule has 1 N–H and O–H groups in total. The Bertz CT molecular complexity index is 1170. The smallest absolute Gasteiger partial charge is 0.263 e. The second-order valence-corrected chi connectivity index (χ2v) is 7.65. The van der Waals surface area contributed by atoms with Crippen LogP contribution in [-0.4, -0.2) is 34.4 Å². The van der Waals surface area contributed by atoms with Crippen LogP contribution in [0.4, 0.5) is 5.82 Å². The molecule has 0 aliphatic carbocycles. The summed E-state index contributed by atoms with van der Waals surface area (Å²) in [6.07, 6.45) is 0. The number of amides is 1. The minimum atomic E-state index is -0.302. The Hall–Kier alpha value is -3.10. The van der Waals surface area contributed by atoms with Crippen LogP contribution >= 0.6 is 22.9 Å². The van der Waals surface area contributed by atoms with Crippen LogP contribution in [0.5, 0.6) is 11.5 Å². The molecule has 0 fully saturated rings. The third-order valence-corrected chi connectivity index (χ3v) is 5.31. The summed E-state index contributed by atoms with van der Waals surface area (Å²) >= 11 is 7.32. The molecule has 4 rings (SSSR count). The van der Waals surface area contributed by atoms with Crippen molar-refractivity contribution in [2.75, 3.05) is 19.0 Å². The first kappa shape index (κ1) is 19.2. The van der Waals surface area contributed by atoms with Crippen molar-refractivity contribution in [1.29, 1.82) is 0 Å². The van der Waals surface area contributed by atoms with Crippen molar-refractivity contribution in [2.24, 2.45) is 0 Å². The monoisotopic (exact) mass is 428 g/mol. The predicted octanol–water partition coefficient (Wildman–Crippen LogP) is 4.47. The number of hydrogen-bond donors (Lipinski definition) is 1. The first-order valence-corrected chi connectivity index (χ1v) is 9.91. The van der Waals surface area contributed by atoms with Crippen LogP contribution in [0.3, 0.4) is 0 Å². The zero-order valence-corrected chi connectivity index (χ0v) is 17.3. The number of rotatable bonds is 6. The number of halogens is 1. The van der Waals surface area contributed by atoms with Gasteiger partial charge in [-0.15, -0.1) is 0 Å². The molecule has 0 aliphatic rings. The van der Waals surface area contributed by atoms with Crippen molar-refractivity contribution in [3.8, 4) is 16.6 Å². The number of fused-ring (bicyclic) bond motifs is 1. The van der Waals surface area contributed by atoms with Gasteiger partial charge in [0.05, 0.1) is 23.0 Å². The van der Waals surface area contributed by atoms with E-state index in [4.69, 9.17) is 21.1 Å². The minimum Gasteiger partial charge on any atom is -0.497 e. The van der Waals surface area contributed by atoms with Gasteiger partial charge in [0.2, 0.25) is 5.13 Å². The quantitative estimate of drug-likeness (QED) is 0.490. The number of anilines is 1. The van der Waals surface area contributed by atoms with Gasteiger partial charge in [-0.3, -0.25) is 4.79 Å². The van der Waals surface area contributed by atoms with E-state index in [9.17, 15) is 4.79 Å². The number of aromatic nitrogens is 3. The molecule has 0 unspecified atom stereocenters. The zero-order valence-electron chi connectivity index (χ0n) is 15.7. The van der Waals surface area contributed by atoms with E-state index in [0.717, 1.165) is 21.7 Å². The fourth-order valence-electron chi connectivity index (χ4n) is 2.71. The number of hydrogen-bond acceptors (Lipinski definition) is 6. The molecule has 9 heteroatoms. The number of nitrogens with one attached hydrogen (secondary N) is 1. The molecule has 4 aromatic rings. The SMILES string of the molecule is COc1ccc2sc(-n3nc(C)cc3NC(=O)COc3ccc(Cl)cc3)nc2c1. The highest BCUT2D eigenvalue weighted by Crippen LogP contribution is 2.29. The number of thiazole rings is 1. The molecule has 0 aliphatic heterocycles. The second-order valence-electron chi connectivity index (χ2n) is 6.20. The van der Waals surface area contributed by atoms with Crippen molar-refractivity contribution in [3.63, 3.8) is 0 Å². The normalized spacial score (nSPS) is 10.9. The molecule has 0 spiro atoms. The van der Waals surface area contributed by atoms with Gasteiger partial charge in [-0.05, 0) is 43.3 Å². The molecule has 0 bridgehead atoms. The van der Waals surface area contributed by atoms with E-state index < -0.39 is 0 Å². The van der Waals surface area contributed by atoms with Gasteiger partial charge in [0.25, 0.3) is 5.91 Å². The highest BCUT2D eigenvalue weighted by atomic mass is 35.5. The fraction of sp³-hybridized carbons (Fsp3) is 0.150. The molecule has 2 aromatic carbocycles. The lowest BCUT2D eigenvalue weighted by molar-refractivity contribution is -0.118. The molecule has 0 radical (unpaired) electrons. The van der Waals surface area contributed by atoms with E-state index in [0.29, 0.717) is 21.7 Å². The Labute approximate surface area is 175 Å². The summed E-state index contributed by atoms with van der Waals surface area (Å²) in [7, 11) is 1.62. The maximum absolute atomic E-state index is 12.4. The molecular formula is C20H17ClN4O3S. The van der Waals surface area contributed by atoms with Crippen molar-refractivity contribution in [1.82, 2.24) is 14.8 Å². The number of nitrogens with zero attached hydrogens (tertiary/aromatic N) is 3. The molecule has 1 amide bonds. The number of aryl methyl sites for hydroxylation is 1. The molecule has 7 nitrogen and oxygen atoms in total. The Morgan fingerprint density at radius 2 is 1.93 bits per heavy atom. The van der Waals surface area contributed by atoms with Crippen molar-refractivity contribution in [2.45, 2.75) is 6.92 Å². The molecule has 148 valence electrons. The van der Waals surface area contributed by atoms with E-state index in [1.165, 1.54) is 11.3 Å². The maximum Gasteiger partial charge on any atom is 0.263 e. The summed E-state index contributed by atoms with van der Waals surface area (Å²) in [5.74, 6) is 1.52. The van der Waals surface area contributed by atoms with E-state index in [-0.39, 0.29) is 12.5 Å². The van der Waals surface area contributed by atoms with Gasteiger partial charge in [0.15, 0.2) is 6.61 Å². The molecule has 2 heterocycles. The van der Waals surface area contributed by atoms with Gasteiger partial charge in [0.1, 0.15) is 17.3 Å². The van der Waals surface area contributed by atoms with E-state index in [1.807, 2.05) is 25.1 Å². The summed E-state index contributed by atoms with van der Waals surface area (Å²) in [6, 6.07) is 14.3. The van der Waals surface area contributed by atoms with Crippen LogP contribution in [0.2, 0.25) is 5.02 Å². The first-order valence-electron chi connectivity index (χ1n) is 8.71. The van der Waals surface area contributed by atoms with Crippen molar-refractivity contribution in [3.05, 3.63) is 59.2 Å². The summed E-state index contributed by atoms with van der Waals surface area (Å²) in [6.45, 7) is 1.72. The molecule has 0 atom stereocenters. The Balaban J connectivity index is 1.52. The van der Waals surface area contributed by atoms with Crippen LogP contribution in [0.1, 0.15) is 5.69 Å². The lowest BCUT2D eigenvalue weighted by atomic mass is 10.3. The molecule has 29 heavy (non-hydrogen) atoms. The predicted molar refractivity (Wildman–Crippen MR) is 114 cm³/mol. The molecule has 0 saturated heterocycles. The molecular weight excluding hydrogens is 412 g/mol. The maximum atomic E-state index is 12.4. The summed E-state index contributed by atoms with van der Waals surface area (Å²) in [5, 5.41) is 8.55. The van der Waals surface area contributed by atoms with Gasteiger partial charge in [-0.2, -0.15) is 9.78 Å². The largest absolute Gasteiger partial charge is 0.497 e. The fourth-order valence-corrected chi connectivity index (χ4v) is 3.74. The Morgan fingerprint density at radius 1 is 1.17 bits per heavy atom. The van der Waals surface area contributed by atoms with Crippen molar-refractivity contribution < 1.29 is 14.3 Å². The molecule has 2 aromatic heterocycles. The van der Waals surface area contributed by atoms with E-state index in [2.05, 4.69) is 15.4 Å². The zero-order chi connectivity index (χ0) is 20.4. The van der Waals surface area contributed by atoms with Crippen LogP contribution < -0.4 is 14.8 Å². The van der Waals surface area contributed by atoms with Crippen molar-refractivity contribution >= 4 is 44.9 Å². The number of carbonyl (C=O) groups excluding carboxylic acids is 1. The number of carbonyl (C=O) groups is 1. The average molecular weight is 429 g/mol. The van der Waals surface area contributed by atoms with Crippen LogP contribution in [-0.2, 0) is 4.79 Å². The average Bonchev–Trinajstić information content (AvgIpc) is 3.29. The summed E-state index contributed by atoms with van der Waals surface area (Å²) < 4.78 is 13.4. The van der Waals surface area contributed by atoms with Gasteiger partial charge >= 0.3 is 0 Å². The van der Waals surface area contributed by atoms with Crippen LogP contribution in [0, 0.1) is 6.92 Å². The first-order chi connectivity index (χ1) is 14.0. The number of ether oxygens (including phenoxy) is 2. The Morgan fingerprint density at radius 3 is 2.69 bits per heavy atom. The summed E-state index contributed by atoms with van der Waals surface area (Å²) in [4.78, 5) is 17.0. The third-order valence-electron chi connectivity index (χ3n) is 4.05. The number of methoxy groups -OCH3 is 1. The standard InChI is InChI=1S/C20H17ClN4O3S/c1-12-9-18(23-19(26)11-28-14-5-3-13(21)4-6-14)25(24-12)20-22-16-10-15(27-2)7-8-17(16)29-20/h3-10H,11H2,1-2H3,(H,23,26). The number of benzene rings is 2. The lowest BCUT2D eigenvalue weighted by Gasteiger charge is -2.08. The Kier molecular flexibility index (Phi) is 5.37. The van der Waals surface area contributed by atoms with Gasteiger partial charge in [-0.25, -0.2) is 4.98 Å². The minimum absolute atomic E-state index is 0.136. The van der Waals surface area contributed by atoms with Gasteiger partial charge in [-0.1, -0.05) is 22.9 Å². The third kappa shape index (κ3) is 4.33. The van der Waals surface area contributed by atoms with Crippen LogP contribution in [0.15, 0.2) is 48.5 Å². The van der Waals surface area contributed by atoms with Gasteiger partial charge < -0.3 is 14.8 Å². The highest BCUT2D eigenvalue weighted by molar-refractivity contribution is 7.20. The van der Waals surface area contributed by atoms with E-state index in [1.54, 1.807) is 42.1 Å². The summed E-state index contributed by atoms with van der Waals surface area (Å²) in [5.41, 5.74) is 1.57. The second kappa shape index (κ2) is 8.10. The lowest BCUT2D eigenvalue weighted by Crippen LogP contribution is -2.21. The van der Waals surface area contributed by atoms with E-state index >= 15 is 0 Å². The van der Waals surface area contributed by atoms with Crippen LogP contribution in [0.25, 0.3) is 15.3 Å².